The van der Waals surface area contributed by atoms with Gasteiger partial charge < -0.3 is 20.1 Å². The van der Waals surface area contributed by atoms with Crippen molar-refractivity contribution in [3.63, 3.8) is 0 Å². The van der Waals surface area contributed by atoms with Gasteiger partial charge in [0.05, 0.1) is 5.02 Å². The van der Waals surface area contributed by atoms with Gasteiger partial charge in [0.25, 0.3) is 0 Å². The molecule has 6 nitrogen and oxygen atoms in total. The van der Waals surface area contributed by atoms with Gasteiger partial charge in [0.15, 0.2) is 11.5 Å². The Hall–Kier alpha value is -2.99. The third kappa shape index (κ3) is 5.58. The van der Waals surface area contributed by atoms with E-state index >= 15 is 0 Å². The maximum Gasteiger partial charge on any atom is 0.244 e. The highest BCUT2D eigenvalue weighted by Gasteiger charge is 2.22. The largest absolute Gasteiger partial charge is 0.486 e. The molecule has 2 amide bonds. The van der Waals surface area contributed by atoms with E-state index in [2.05, 4.69) is 10.6 Å². The minimum Gasteiger partial charge on any atom is -0.486 e. The van der Waals surface area contributed by atoms with Crippen LogP contribution in [0.4, 0.5) is 5.69 Å². The number of anilines is 1. The number of carbonyl (C=O) groups is 2. The molecule has 2 aromatic rings. The number of ether oxygens (including phenoxy) is 2. The summed E-state index contributed by atoms with van der Waals surface area (Å²) in [6.07, 6.45) is 7.29. The molecule has 0 bridgehead atoms. The maximum atomic E-state index is 12.3. The van der Waals surface area contributed by atoms with Crippen LogP contribution in [-0.2, 0) is 16.1 Å². The minimum absolute atomic E-state index is 0.0831. The van der Waals surface area contributed by atoms with Gasteiger partial charge in [0, 0.05) is 24.2 Å². The number of carbonyl (C=O) groups excluding carboxylic acids is 2. The van der Waals surface area contributed by atoms with Gasteiger partial charge in [0.1, 0.15) is 13.2 Å². The van der Waals surface area contributed by atoms with Crippen LogP contribution in [0.1, 0.15) is 36.8 Å². The van der Waals surface area contributed by atoms with E-state index in [1.54, 1.807) is 18.2 Å². The van der Waals surface area contributed by atoms with E-state index in [0.29, 0.717) is 36.3 Å². The molecule has 0 saturated heterocycles. The molecule has 4 rings (SSSR count). The Morgan fingerprint density at radius 3 is 2.74 bits per heavy atom. The van der Waals surface area contributed by atoms with Crippen molar-refractivity contribution in [2.75, 3.05) is 18.5 Å². The van der Waals surface area contributed by atoms with Crippen LogP contribution in [0, 0.1) is 5.92 Å². The Morgan fingerprint density at radius 1 is 1.10 bits per heavy atom. The van der Waals surface area contributed by atoms with Gasteiger partial charge in [-0.3, -0.25) is 9.59 Å². The van der Waals surface area contributed by atoms with Crippen LogP contribution in [0.25, 0.3) is 6.08 Å². The average molecular weight is 441 g/mol. The standard InChI is InChI=1S/C24H25ClN2O4/c25-20-13-16(14-21-23(20)31-11-10-30-21)8-9-22(28)26-15-17-4-3-7-19(12-17)27-24(29)18-5-1-2-6-18/h3-4,7-9,12-14,18H,1-2,5-6,10-11,15H2,(H,26,28)(H,27,29). The number of amides is 2. The fraction of sp³-hybridized carbons (Fsp3) is 0.333. The van der Waals surface area contributed by atoms with Gasteiger partial charge in [0.2, 0.25) is 11.8 Å². The van der Waals surface area contributed by atoms with Gasteiger partial charge in [-0.25, -0.2) is 0 Å². The smallest absolute Gasteiger partial charge is 0.244 e. The molecule has 162 valence electrons. The van der Waals surface area contributed by atoms with Crippen LogP contribution in [0.3, 0.4) is 0 Å². The molecule has 2 N–H and O–H groups in total. The summed E-state index contributed by atoms with van der Waals surface area (Å²) in [5, 5.41) is 6.30. The van der Waals surface area contributed by atoms with E-state index in [1.807, 2.05) is 24.3 Å². The summed E-state index contributed by atoms with van der Waals surface area (Å²) in [6, 6.07) is 11.1. The quantitative estimate of drug-likeness (QED) is 0.645. The molecular weight excluding hydrogens is 416 g/mol. The zero-order valence-electron chi connectivity index (χ0n) is 17.2. The lowest BCUT2D eigenvalue weighted by molar-refractivity contribution is -0.119. The van der Waals surface area contributed by atoms with Gasteiger partial charge >= 0.3 is 0 Å². The second kappa shape index (κ2) is 9.88. The predicted molar refractivity (Wildman–Crippen MR) is 120 cm³/mol. The second-order valence-electron chi connectivity index (χ2n) is 7.75. The molecule has 0 atom stereocenters. The van der Waals surface area contributed by atoms with E-state index in [-0.39, 0.29) is 17.7 Å². The molecule has 1 fully saturated rings. The third-order valence-electron chi connectivity index (χ3n) is 5.43. The van der Waals surface area contributed by atoms with Crippen LogP contribution in [0.2, 0.25) is 5.02 Å². The van der Waals surface area contributed by atoms with Gasteiger partial charge in [-0.2, -0.15) is 0 Å². The summed E-state index contributed by atoms with van der Waals surface area (Å²) in [5.74, 6) is 1.08. The summed E-state index contributed by atoms with van der Waals surface area (Å²) in [4.78, 5) is 24.6. The van der Waals surface area contributed by atoms with Gasteiger partial charge in [-0.15, -0.1) is 0 Å². The first-order valence-corrected chi connectivity index (χ1v) is 10.9. The van der Waals surface area contributed by atoms with Crippen molar-refractivity contribution in [2.45, 2.75) is 32.2 Å². The molecular formula is C24H25ClN2O4. The molecule has 2 aromatic carbocycles. The zero-order valence-corrected chi connectivity index (χ0v) is 17.9. The first kappa shape index (κ1) is 21.2. The number of benzene rings is 2. The van der Waals surface area contributed by atoms with Crippen molar-refractivity contribution in [1.82, 2.24) is 5.32 Å². The molecule has 7 heteroatoms. The fourth-order valence-corrected chi connectivity index (χ4v) is 4.11. The molecule has 0 aromatic heterocycles. The lowest BCUT2D eigenvalue weighted by atomic mass is 10.1. The van der Waals surface area contributed by atoms with Crippen LogP contribution in [0.5, 0.6) is 11.5 Å². The molecule has 1 saturated carbocycles. The number of halogens is 1. The molecule has 1 aliphatic carbocycles. The molecule has 2 aliphatic rings. The predicted octanol–water partition coefficient (Wildman–Crippen LogP) is 4.57. The Balaban J connectivity index is 1.31. The molecule has 31 heavy (non-hydrogen) atoms. The van der Waals surface area contributed by atoms with Crippen molar-refractivity contribution < 1.29 is 19.1 Å². The van der Waals surface area contributed by atoms with E-state index in [0.717, 1.165) is 42.5 Å². The van der Waals surface area contributed by atoms with Gasteiger partial charge in [-0.1, -0.05) is 36.6 Å². The van der Waals surface area contributed by atoms with E-state index in [4.69, 9.17) is 21.1 Å². The molecule has 1 aliphatic heterocycles. The van der Waals surface area contributed by atoms with Gasteiger partial charge in [-0.05, 0) is 54.3 Å². The van der Waals surface area contributed by atoms with Crippen LogP contribution in [-0.4, -0.2) is 25.0 Å². The topological polar surface area (TPSA) is 76.7 Å². The van der Waals surface area contributed by atoms with Crippen LogP contribution < -0.4 is 20.1 Å². The number of hydrogen-bond acceptors (Lipinski definition) is 4. The summed E-state index contributed by atoms with van der Waals surface area (Å²) in [5.41, 5.74) is 2.42. The maximum absolute atomic E-state index is 12.3. The van der Waals surface area contributed by atoms with E-state index in [9.17, 15) is 9.59 Å². The summed E-state index contributed by atoms with van der Waals surface area (Å²) < 4.78 is 11.1. The highest BCUT2D eigenvalue weighted by atomic mass is 35.5. The third-order valence-corrected chi connectivity index (χ3v) is 5.71. The number of rotatable bonds is 6. The number of fused-ring (bicyclic) bond motifs is 1. The highest BCUT2D eigenvalue weighted by Crippen LogP contribution is 2.38. The Bertz CT molecular complexity index is 999. The van der Waals surface area contributed by atoms with Crippen molar-refractivity contribution in [2.24, 2.45) is 5.92 Å². The number of hydrogen-bond donors (Lipinski definition) is 2. The normalized spacial score (nSPS) is 15.8. The second-order valence-corrected chi connectivity index (χ2v) is 8.16. The first-order valence-electron chi connectivity index (χ1n) is 10.5. The Labute approximate surface area is 186 Å². The zero-order chi connectivity index (χ0) is 21.6. The lowest BCUT2D eigenvalue weighted by Gasteiger charge is -2.19. The van der Waals surface area contributed by atoms with Crippen molar-refractivity contribution >= 4 is 35.2 Å². The molecule has 0 spiro atoms. The average Bonchev–Trinajstić information content (AvgIpc) is 3.32. The monoisotopic (exact) mass is 440 g/mol. The number of nitrogens with one attached hydrogen (secondary N) is 2. The minimum atomic E-state index is -0.230. The first-order chi connectivity index (χ1) is 15.1. The van der Waals surface area contributed by atoms with Crippen LogP contribution >= 0.6 is 11.6 Å². The van der Waals surface area contributed by atoms with Crippen molar-refractivity contribution in [3.05, 3.63) is 58.6 Å². The summed E-state index contributed by atoms with van der Waals surface area (Å²) >= 11 is 6.23. The lowest BCUT2D eigenvalue weighted by Crippen LogP contribution is -2.21. The van der Waals surface area contributed by atoms with E-state index < -0.39 is 0 Å². The fourth-order valence-electron chi connectivity index (χ4n) is 3.84. The SMILES string of the molecule is O=C(C=Cc1cc(Cl)c2c(c1)OCCO2)NCc1cccc(NC(=O)C2CCCC2)c1. The highest BCUT2D eigenvalue weighted by molar-refractivity contribution is 6.32. The van der Waals surface area contributed by atoms with Crippen molar-refractivity contribution in [3.8, 4) is 11.5 Å². The molecule has 0 radical (unpaired) electrons. The van der Waals surface area contributed by atoms with Crippen LogP contribution in [0.15, 0.2) is 42.5 Å². The Morgan fingerprint density at radius 2 is 1.90 bits per heavy atom. The Kier molecular flexibility index (Phi) is 6.77. The van der Waals surface area contributed by atoms with E-state index in [1.165, 1.54) is 6.08 Å². The summed E-state index contributed by atoms with van der Waals surface area (Å²) in [6.45, 7) is 1.30. The van der Waals surface area contributed by atoms with Crippen molar-refractivity contribution in [1.29, 1.82) is 0 Å². The summed E-state index contributed by atoms with van der Waals surface area (Å²) in [7, 11) is 0. The molecule has 1 heterocycles. The molecule has 0 unspecified atom stereocenters.